The lowest BCUT2D eigenvalue weighted by molar-refractivity contribution is 0.0526. The van der Waals surface area contributed by atoms with Gasteiger partial charge in [0.25, 0.3) is 0 Å². The predicted molar refractivity (Wildman–Crippen MR) is 191 cm³/mol. The van der Waals surface area contributed by atoms with E-state index in [4.69, 9.17) is 26.1 Å². The highest BCUT2D eigenvalue weighted by molar-refractivity contribution is 6.33. The van der Waals surface area contributed by atoms with Gasteiger partial charge < -0.3 is 25.0 Å². The standard InChI is InChI=1S/C37H52ClN7O4/c1-37(2,3)49-35(46)39-20-10-5-6-11-21-45(36(47)48-25-27-12-8-7-9-13-27)29-18-16-28(17-19-29)42-34-40-24-31(38)33(43-34)30-23-41-44(4)32(30)22-26-14-15-26/h7-9,12-13,23-24,26,28-29H,5-6,10-11,14-22,25H2,1-4H3,(H,39,46)(H,40,42,43). The highest BCUT2D eigenvalue weighted by Crippen LogP contribution is 2.37. The second-order valence-electron chi connectivity index (χ2n) is 14.4. The summed E-state index contributed by atoms with van der Waals surface area (Å²) in [7, 11) is 1.97. The monoisotopic (exact) mass is 693 g/mol. The number of benzene rings is 1. The third kappa shape index (κ3) is 11.3. The number of carbonyl (C=O) groups excluding carboxylic acids is 2. The number of nitrogens with one attached hydrogen (secondary N) is 2. The number of aryl methyl sites for hydroxylation is 1. The van der Waals surface area contributed by atoms with Crippen molar-refractivity contribution in [2.45, 2.75) is 116 Å². The summed E-state index contributed by atoms with van der Waals surface area (Å²) in [5.74, 6) is 1.27. The van der Waals surface area contributed by atoms with E-state index in [1.165, 1.54) is 12.8 Å². The van der Waals surface area contributed by atoms with E-state index in [9.17, 15) is 9.59 Å². The molecule has 2 saturated carbocycles. The van der Waals surface area contributed by atoms with E-state index in [1.54, 1.807) is 6.20 Å². The number of aromatic nitrogens is 4. The highest BCUT2D eigenvalue weighted by Gasteiger charge is 2.31. The van der Waals surface area contributed by atoms with E-state index in [0.717, 1.165) is 74.6 Å². The molecule has 2 aliphatic carbocycles. The molecule has 0 saturated heterocycles. The van der Waals surface area contributed by atoms with Gasteiger partial charge in [-0.2, -0.15) is 5.10 Å². The first-order valence-corrected chi connectivity index (χ1v) is 18.2. The maximum atomic E-state index is 13.4. The van der Waals surface area contributed by atoms with Gasteiger partial charge >= 0.3 is 12.2 Å². The fourth-order valence-electron chi connectivity index (χ4n) is 6.33. The lowest BCUT2D eigenvalue weighted by Crippen LogP contribution is -2.44. The first-order chi connectivity index (χ1) is 23.6. The molecule has 1 aromatic carbocycles. The van der Waals surface area contributed by atoms with Crippen LogP contribution in [0.2, 0.25) is 5.02 Å². The molecule has 0 spiro atoms. The highest BCUT2D eigenvalue weighted by atomic mass is 35.5. The largest absolute Gasteiger partial charge is 0.445 e. The molecule has 2 heterocycles. The van der Waals surface area contributed by atoms with Gasteiger partial charge in [0.2, 0.25) is 5.95 Å². The lowest BCUT2D eigenvalue weighted by Gasteiger charge is -2.36. The van der Waals surface area contributed by atoms with Crippen molar-refractivity contribution in [2.75, 3.05) is 18.4 Å². The number of hydrogen-bond donors (Lipinski definition) is 2. The molecule has 2 N–H and O–H groups in total. The number of rotatable bonds is 15. The van der Waals surface area contributed by atoms with Crippen LogP contribution in [0.4, 0.5) is 15.5 Å². The number of carbonyl (C=O) groups is 2. The van der Waals surface area contributed by atoms with Gasteiger partial charge in [-0.3, -0.25) is 4.68 Å². The average Bonchev–Trinajstić information content (AvgIpc) is 3.83. The van der Waals surface area contributed by atoms with Crippen molar-refractivity contribution in [3.63, 3.8) is 0 Å². The van der Waals surface area contributed by atoms with Gasteiger partial charge in [-0.15, -0.1) is 0 Å². The number of amides is 2. The van der Waals surface area contributed by atoms with E-state index in [0.29, 0.717) is 35.7 Å². The number of halogens is 1. The Morgan fingerprint density at radius 3 is 2.45 bits per heavy atom. The Hall–Kier alpha value is -3.86. The zero-order chi connectivity index (χ0) is 34.8. The Labute approximate surface area is 295 Å². The molecule has 2 aliphatic rings. The van der Waals surface area contributed by atoms with Crippen LogP contribution in [0.3, 0.4) is 0 Å². The van der Waals surface area contributed by atoms with Crippen LogP contribution in [-0.2, 0) is 29.5 Å². The molecule has 5 rings (SSSR count). The van der Waals surface area contributed by atoms with Crippen LogP contribution in [0.1, 0.15) is 96.2 Å². The van der Waals surface area contributed by atoms with Crippen molar-refractivity contribution in [1.29, 1.82) is 0 Å². The molecule has 3 aromatic rings. The third-order valence-electron chi connectivity index (χ3n) is 9.14. The van der Waals surface area contributed by atoms with Crippen molar-refractivity contribution in [3.8, 4) is 11.3 Å². The molecular weight excluding hydrogens is 642 g/mol. The van der Waals surface area contributed by atoms with Crippen molar-refractivity contribution in [2.24, 2.45) is 13.0 Å². The lowest BCUT2D eigenvalue weighted by atomic mass is 9.90. The maximum absolute atomic E-state index is 13.4. The average molecular weight is 694 g/mol. The molecule has 0 unspecified atom stereocenters. The van der Waals surface area contributed by atoms with E-state index in [1.807, 2.05) is 73.9 Å². The summed E-state index contributed by atoms with van der Waals surface area (Å²) in [4.78, 5) is 36.6. The SMILES string of the molecule is Cn1ncc(-c2nc(NC3CCC(N(CCCCCCNC(=O)OC(C)(C)C)C(=O)OCc4ccccc4)CC3)ncc2Cl)c1CC1CC1. The maximum Gasteiger partial charge on any atom is 0.410 e. The van der Waals surface area contributed by atoms with Crippen LogP contribution in [-0.4, -0.2) is 67.6 Å². The summed E-state index contributed by atoms with van der Waals surface area (Å²) >= 11 is 6.60. The first-order valence-electron chi connectivity index (χ1n) is 17.8. The summed E-state index contributed by atoms with van der Waals surface area (Å²) in [5.41, 5.74) is 3.30. The molecule has 49 heavy (non-hydrogen) atoms. The van der Waals surface area contributed by atoms with Crippen LogP contribution >= 0.6 is 11.6 Å². The molecule has 266 valence electrons. The van der Waals surface area contributed by atoms with Crippen molar-refractivity contribution >= 4 is 29.7 Å². The Balaban J connectivity index is 1.13. The van der Waals surface area contributed by atoms with Gasteiger partial charge in [0.15, 0.2) is 0 Å². The zero-order valence-corrected chi connectivity index (χ0v) is 30.2. The number of anilines is 1. The Morgan fingerprint density at radius 1 is 1.00 bits per heavy atom. The van der Waals surface area contributed by atoms with Crippen molar-refractivity contribution < 1.29 is 19.1 Å². The van der Waals surface area contributed by atoms with Crippen molar-refractivity contribution in [1.82, 2.24) is 30.0 Å². The number of alkyl carbamates (subject to hydrolysis) is 1. The molecule has 2 fully saturated rings. The quantitative estimate of drug-likeness (QED) is 0.154. The van der Waals surface area contributed by atoms with Gasteiger partial charge in [0.05, 0.1) is 23.1 Å². The molecule has 0 atom stereocenters. The smallest absolute Gasteiger partial charge is 0.410 e. The second-order valence-corrected chi connectivity index (χ2v) is 14.8. The van der Waals surface area contributed by atoms with Crippen LogP contribution in [0.5, 0.6) is 0 Å². The summed E-state index contributed by atoms with van der Waals surface area (Å²) in [6.45, 7) is 7.00. The van der Waals surface area contributed by atoms with Crippen molar-refractivity contribution in [3.05, 3.63) is 59.0 Å². The fraction of sp³-hybridized carbons (Fsp3) is 0.595. The summed E-state index contributed by atoms with van der Waals surface area (Å²) in [6.07, 6.45) is 13.4. The number of hydrogen-bond acceptors (Lipinski definition) is 8. The van der Waals surface area contributed by atoms with E-state index in [-0.39, 0.29) is 30.9 Å². The zero-order valence-electron chi connectivity index (χ0n) is 29.4. The summed E-state index contributed by atoms with van der Waals surface area (Å²) in [6, 6.07) is 10.1. The molecule has 0 radical (unpaired) electrons. The second kappa shape index (κ2) is 17.2. The minimum absolute atomic E-state index is 0.0947. The van der Waals surface area contributed by atoms with Gasteiger partial charge in [-0.1, -0.05) is 54.8 Å². The molecule has 0 aliphatic heterocycles. The van der Waals surface area contributed by atoms with Gasteiger partial charge in [0.1, 0.15) is 12.2 Å². The molecule has 0 bridgehead atoms. The molecular formula is C37H52ClN7O4. The topological polar surface area (TPSA) is 124 Å². The summed E-state index contributed by atoms with van der Waals surface area (Å²) < 4.78 is 13.0. The van der Waals surface area contributed by atoms with Crippen LogP contribution in [0.15, 0.2) is 42.7 Å². The minimum atomic E-state index is -0.509. The fourth-order valence-corrected chi connectivity index (χ4v) is 6.52. The minimum Gasteiger partial charge on any atom is -0.445 e. The van der Waals surface area contributed by atoms with Crippen LogP contribution in [0, 0.1) is 5.92 Å². The molecule has 11 nitrogen and oxygen atoms in total. The number of nitrogens with zero attached hydrogens (tertiary/aromatic N) is 5. The Kier molecular flexibility index (Phi) is 12.8. The number of unbranched alkanes of at least 4 members (excludes halogenated alkanes) is 3. The Morgan fingerprint density at radius 2 is 1.73 bits per heavy atom. The molecule has 12 heteroatoms. The van der Waals surface area contributed by atoms with Crippen LogP contribution < -0.4 is 10.6 Å². The summed E-state index contributed by atoms with van der Waals surface area (Å²) in [5, 5.41) is 11.4. The number of ether oxygens (including phenoxy) is 2. The molecule has 2 aromatic heterocycles. The van der Waals surface area contributed by atoms with Gasteiger partial charge in [-0.25, -0.2) is 19.6 Å². The predicted octanol–water partition coefficient (Wildman–Crippen LogP) is 7.93. The van der Waals surface area contributed by atoms with E-state index in [2.05, 4.69) is 20.7 Å². The Bertz CT molecular complexity index is 1510. The van der Waals surface area contributed by atoms with E-state index < -0.39 is 5.60 Å². The van der Waals surface area contributed by atoms with E-state index >= 15 is 0 Å². The van der Waals surface area contributed by atoms with Gasteiger partial charge in [-0.05, 0) is 90.0 Å². The normalized spacial score (nSPS) is 17.7. The van der Waals surface area contributed by atoms with Gasteiger partial charge in [0, 0.05) is 43.5 Å². The van der Waals surface area contributed by atoms with Crippen LogP contribution in [0.25, 0.3) is 11.3 Å². The third-order valence-corrected chi connectivity index (χ3v) is 9.42. The first kappa shape index (κ1) is 36.4. The molecule has 2 amide bonds.